The average Bonchev–Trinajstić information content (AvgIpc) is 3.00. The zero-order valence-corrected chi connectivity index (χ0v) is 17.1. The number of likely N-dealkylation sites (N-methyl/N-ethyl adjacent to an activating group) is 1. The van der Waals surface area contributed by atoms with Crippen LogP contribution in [0.3, 0.4) is 0 Å². The standard InChI is InChI=1S/C22H29N3S/c1-5-24(6-2)15-16-25-21-10-8-7-9-20(21)23-22(25)26-19-13-11-18(12-14-19)17(3)4/h7-14,17H,5-6,15-16H2,1-4H3. The van der Waals surface area contributed by atoms with Gasteiger partial charge in [-0.1, -0.05) is 63.7 Å². The summed E-state index contributed by atoms with van der Waals surface area (Å²) in [5.41, 5.74) is 3.68. The number of fused-ring (bicyclic) bond motifs is 1. The number of hydrogen-bond donors (Lipinski definition) is 0. The lowest BCUT2D eigenvalue weighted by atomic mass is 10.0. The summed E-state index contributed by atoms with van der Waals surface area (Å²) >= 11 is 1.76. The molecule has 3 aromatic rings. The Morgan fingerprint density at radius 3 is 2.35 bits per heavy atom. The Morgan fingerprint density at radius 1 is 1.00 bits per heavy atom. The lowest BCUT2D eigenvalue weighted by molar-refractivity contribution is 0.288. The predicted molar refractivity (Wildman–Crippen MR) is 112 cm³/mol. The number of rotatable bonds is 8. The van der Waals surface area contributed by atoms with Gasteiger partial charge in [0.2, 0.25) is 0 Å². The molecule has 0 saturated carbocycles. The Balaban J connectivity index is 1.87. The lowest BCUT2D eigenvalue weighted by Crippen LogP contribution is -2.27. The molecule has 0 aliphatic heterocycles. The second-order valence-electron chi connectivity index (χ2n) is 6.89. The number of para-hydroxylation sites is 2. The lowest BCUT2D eigenvalue weighted by Gasteiger charge is -2.19. The van der Waals surface area contributed by atoms with Gasteiger partial charge in [-0.05, 0) is 48.8 Å². The maximum Gasteiger partial charge on any atom is 0.173 e. The third-order valence-electron chi connectivity index (χ3n) is 4.91. The molecule has 0 aliphatic carbocycles. The zero-order valence-electron chi connectivity index (χ0n) is 16.3. The predicted octanol–water partition coefficient (Wildman–Crippen LogP) is 5.65. The van der Waals surface area contributed by atoms with Crippen LogP contribution in [0.2, 0.25) is 0 Å². The SMILES string of the molecule is CCN(CC)CCn1c(Sc2ccc(C(C)C)cc2)nc2ccccc21. The third kappa shape index (κ3) is 4.30. The fourth-order valence-electron chi connectivity index (χ4n) is 3.15. The topological polar surface area (TPSA) is 21.1 Å². The summed E-state index contributed by atoms with van der Waals surface area (Å²) in [6, 6.07) is 17.3. The van der Waals surface area contributed by atoms with Gasteiger partial charge in [-0.3, -0.25) is 0 Å². The van der Waals surface area contributed by atoms with Crippen LogP contribution in [-0.4, -0.2) is 34.1 Å². The van der Waals surface area contributed by atoms with E-state index in [1.54, 1.807) is 11.8 Å². The largest absolute Gasteiger partial charge is 0.317 e. The Hall–Kier alpha value is -1.78. The van der Waals surface area contributed by atoms with Crippen LogP contribution in [0.1, 0.15) is 39.2 Å². The molecule has 0 bridgehead atoms. The molecule has 138 valence electrons. The molecule has 26 heavy (non-hydrogen) atoms. The van der Waals surface area contributed by atoms with Crippen LogP contribution in [-0.2, 0) is 6.54 Å². The second-order valence-corrected chi connectivity index (χ2v) is 7.93. The molecule has 0 aliphatic rings. The van der Waals surface area contributed by atoms with Crippen molar-refractivity contribution in [2.24, 2.45) is 0 Å². The van der Waals surface area contributed by atoms with Gasteiger partial charge >= 0.3 is 0 Å². The fraction of sp³-hybridized carbons (Fsp3) is 0.409. The minimum absolute atomic E-state index is 0.563. The summed E-state index contributed by atoms with van der Waals surface area (Å²) in [7, 11) is 0. The van der Waals surface area contributed by atoms with E-state index in [1.165, 1.54) is 16.0 Å². The first-order valence-corrected chi connectivity index (χ1v) is 10.4. The minimum Gasteiger partial charge on any atom is -0.317 e. The van der Waals surface area contributed by atoms with Crippen molar-refractivity contribution in [2.45, 2.75) is 50.2 Å². The van der Waals surface area contributed by atoms with Gasteiger partial charge in [-0.15, -0.1) is 0 Å². The highest BCUT2D eigenvalue weighted by molar-refractivity contribution is 7.99. The smallest absolute Gasteiger partial charge is 0.173 e. The van der Waals surface area contributed by atoms with E-state index >= 15 is 0 Å². The van der Waals surface area contributed by atoms with Crippen molar-refractivity contribution < 1.29 is 0 Å². The molecule has 3 rings (SSSR count). The van der Waals surface area contributed by atoms with Gasteiger partial charge in [0.05, 0.1) is 11.0 Å². The molecule has 0 unspecified atom stereocenters. The first-order chi connectivity index (χ1) is 12.6. The van der Waals surface area contributed by atoms with Crippen molar-refractivity contribution in [3.05, 3.63) is 54.1 Å². The Bertz CT molecular complexity index is 832. The van der Waals surface area contributed by atoms with Crippen LogP contribution >= 0.6 is 11.8 Å². The molecule has 0 spiro atoms. The summed E-state index contributed by atoms with van der Waals surface area (Å²) in [4.78, 5) is 8.61. The molecule has 0 atom stereocenters. The maximum atomic E-state index is 4.90. The van der Waals surface area contributed by atoms with E-state index in [0.717, 1.165) is 36.9 Å². The van der Waals surface area contributed by atoms with Gasteiger partial charge < -0.3 is 9.47 Å². The minimum atomic E-state index is 0.563. The third-order valence-corrected chi connectivity index (χ3v) is 5.91. The highest BCUT2D eigenvalue weighted by Crippen LogP contribution is 2.31. The zero-order chi connectivity index (χ0) is 18.5. The van der Waals surface area contributed by atoms with Gasteiger partial charge in [0.1, 0.15) is 0 Å². The van der Waals surface area contributed by atoms with Crippen LogP contribution in [0, 0.1) is 0 Å². The van der Waals surface area contributed by atoms with Crippen molar-refractivity contribution in [3.8, 4) is 0 Å². The Labute approximate surface area is 161 Å². The van der Waals surface area contributed by atoms with E-state index in [2.05, 4.69) is 85.7 Å². The van der Waals surface area contributed by atoms with Gasteiger partial charge in [-0.2, -0.15) is 0 Å². The van der Waals surface area contributed by atoms with Gasteiger partial charge in [0, 0.05) is 18.0 Å². The van der Waals surface area contributed by atoms with Crippen molar-refractivity contribution in [2.75, 3.05) is 19.6 Å². The molecule has 0 radical (unpaired) electrons. The van der Waals surface area contributed by atoms with Gasteiger partial charge in [-0.25, -0.2) is 4.98 Å². The van der Waals surface area contributed by atoms with Gasteiger partial charge in [0.15, 0.2) is 5.16 Å². The van der Waals surface area contributed by atoms with Crippen LogP contribution in [0.4, 0.5) is 0 Å². The van der Waals surface area contributed by atoms with Crippen LogP contribution in [0.15, 0.2) is 58.6 Å². The van der Waals surface area contributed by atoms with Crippen LogP contribution < -0.4 is 0 Å². The maximum absolute atomic E-state index is 4.90. The number of nitrogens with zero attached hydrogens (tertiary/aromatic N) is 3. The molecular weight excluding hydrogens is 338 g/mol. The molecule has 1 heterocycles. The summed E-state index contributed by atoms with van der Waals surface area (Å²) in [5.74, 6) is 0.563. The van der Waals surface area contributed by atoms with E-state index in [-0.39, 0.29) is 0 Å². The van der Waals surface area contributed by atoms with Gasteiger partial charge in [0.25, 0.3) is 0 Å². The van der Waals surface area contributed by atoms with Crippen molar-refractivity contribution in [1.29, 1.82) is 0 Å². The first-order valence-electron chi connectivity index (χ1n) is 9.57. The summed E-state index contributed by atoms with van der Waals surface area (Å²) in [6.45, 7) is 13.1. The molecular formula is C22H29N3S. The van der Waals surface area contributed by atoms with E-state index in [1.807, 2.05) is 0 Å². The van der Waals surface area contributed by atoms with Crippen molar-refractivity contribution >= 4 is 22.8 Å². The normalized spacial score (nSPS) is 11.8. The highest BCUT2D eigenvalue weighted by atomic mass is 32.2. The molecule has 1 aromatic heterocycles. The van der Waals surface area contributed by atoms with Crippen molar-refractivity contribution in [1.82, 2.24) is 14.5 Å². The molecule has 0 saturated heterocycles. The molecule has 3 nitrogen and oxygen atoms in total. The number of aromatic nitrogens is 2. The molecule has 4 heteroatoms. The van der Waals surface area contributed by atoms with Crippen LogP contribution in [0.5, 0.6) is 0 Å². The first kappa shape index (κ1) is 19.0. The van der Waals surface area contributed by atoms with E-state index < -0.39 is 0 Å². The molecule has 0 N–H and O–H groups in total. The Morgan fingerprint density at radius 2 is 1.69 bits per heavy atom. The average molecular weight is 368 g/mol. The number of benzene rings is 2. The molecule has 0 amide bonds. The summed E-state index contributed by atoms with van der Waals surface area (Å²) in [6.07, 6.45) is 0. The monoisotopic (exact) mass is 367 g/mol. The fourth-order valence-corrected chi connectivity index (χ4v) is 4.08. The summed E-state index contributed by atoms with van der Waals surface area (Å²) < 4.78 is 2.37. The Kier molecular flexibility index (Phi) is 6.38. The molecule has 0 fully saturated rings. The van der Waals surface area contributed by atoms with Crippen molar-refractivity contribution in [3.63, 3.8) is 0 Å². The quantitative estimate of drug-likeness (QED) is 0.513. The highest BCUT2D eigenvalue weighted by Gasteiger charge is 2.13. The van der Waals surface area contributed by atoms with Crippen LogP contribution in [0.25, 0.3) is 11.0 Å². The second kappa shape index (κ2) is 8.74. The van der Waals surface area contributed by atoms with E-state index in [4.69, 9.17) is 4.98 Å². The number of imidazole rings is 1. The molecule has 2 aromatic carbocycles. The summed E-state index contributed by atoms with van der Waals surface area (Å²) in [5, 5.41) is 1.08. The number of hydrogen-bond acceptors (Lipinski definition) is 3. The van der Waals surface area contributed by atoms with E-state index in [0.29, 0.717) is 5.92 Å². The van der Waals surface area contributed by atoms with E-state index in [9.17, 15) is 0 Å².